The van der Waals surface area contributed by atoms with Crippen LogP contribution in [0.4, 0.5) is 11.4 Å². The van der Waals surface area contributed by atoms with Crippen LogP contribution in [-0.2, 0) is 20.8 Å². The average Bonchev–Trinajstić information content (AvgIpc) is 3.81. The third-order valence-corrected chi connectivity index (χ3v) is 8.73. The average molecular weight is 642 g/mol. The van der Waals surface area contributed by atoms with E-state index in [4.69, 9.17) is 9.47 Å². The molecule has 3 aromatic rings. The van der Waals surface area contributed by atoms with Crippen molar-refractivity contribution in [3.63, 3.8) is 0 Å². The maximum Gasteiger partial charge on any atom is 0.343 e. The molecule has 47 heavy (non-hydrogen) atoms. The molecule has 5 rings (SSSR count). The van der Waals surface area contributed by atoms with Crippen molar-refractivity contribution in [2.45, 2.75) is 63.8 Å². The summed E-state index contributed by atoms with van der Waals surface area (Å²) in [4.78, 5) is 62.6. The highest BCUT2D eigenvalue weighted by Gasteiger charge is 2.25. The third-order valence-electron chi connectivity index (χ3n) is 8.73. The summed E-state index contributed by atoms with van der Waals surface area (Å²) >= 11 is 0. The van der Waals surface area contributed by atoms with E-state index in [0.717, 1.165) is 51.4 Å². The molecule has 1 unspecified atom stereocenters. The second-order valence-electron chi connectivity index (χ2n) is 12.0. The molecular formula is C36H39N3O8. The van der Waals surface area contributed by atoms with Gasteiger partial charge in [-0.15, -0.1) is 0 Å². The number of benzene rings is 3. The summed E-state index contributed by atoms with van der Waals surface area (Å²) in [5.74, 6) is -2.10. The number of carboxylic acids is 1. The summed E-state index contributed by atoms with van der Waals surface area (Å²) in [5, 5.41) is 18.2. The van der Waals surface area contributed by atoms with E-state index in [2.05, 4.69) is 16.0 Å². The van der Waals surface area contributed by atoms with Gasteiger partial charge in [-0.05, 0) is 91.9 Å². The first-order valence-corrected chi connectivity index (χ1v) is 15.9. The minimum Gasteiger partial charge on any atom is -0.493 e. The highest BCUT2D eigenvalue weighted by atomic mass is 16.6. The lowest BCUT2D eigenvalue weighted by atomic mass is 10.0. The fraction of sp³-hybridized carbons (Fsp3) is 0.361. The van der Waals surface area contributed by atoms with Crippen molar-refractivity contribution in [2.75, 3.05) is 17.7 Å². The normalized spacial score (nSPS) is 15.4. The zero-order valence-corrected chi connectivity index (χ0v) is 26.3. The molecule has 0 saturated heterocycles. The Bertz CT molecular complexity index is 1610. The van der Waals surface area contributed by atoms with Gasteiger partial charge in [-0.3, -0.25) is 14.4 Å². The topological polar surface area (TPSA) is 160 Å². The van der Waals surface area contributed by atoms with Gasteiger partial charge in [0.15, 0.2) is 11.5 Å². The molecule has 2 saturated carbocycles. The van der Waals surface area contributed by atoms with Crippen molar-refractivity contribution in [1.82, 2.24) is 5.32 Å². The summed E-state index contributed by atoms with van der Waals surface area (Å²) in [7, 11) is 1.40. The van der Waals surface area contributed by atoms with Gasteiger partial charge in [0.05, 0.1) is 12.7 Å². The van der Waals surface area contributed by atoms with Gasteiger partial charge in [0.1, 0.15) is 6.04 Å². The summed E-state index contributed by atoms with van der Waals surface area (Å²) in [6.45, 7) is 0. The van der Waals surface area contributed by atoms with Gasteiger partial charge in [-0.2, -0.15) is 0 Å². The van der Waals surface area contributed by atoms with Crippen LogP contribution in [0.1, 0.15) is 77.6 Å². The molecule has 11 nitrogen and oxygen atoms in total. The number of rotatable bonds is 12. The Hall–Kier alpha value is -5.19. The minimum absolute atomic E-state index is 0.00806. The van der Waals surface area contributed by atoms with Gasteiger partial charge >= 0.3 is 11.9 Å². The summed E-state index contributed by atoms with van der Waals surface area (Å²) < 4.78 is 11.0. The van der Waals surface area contributed by atoms with Crippen molar-refractivity contribution in [3.8, 4) is 11.5 Å². The molecule has 246 valence electrons. The zero-order valence-electron chi connectivity index (χ0n) is 26.3. The van der Waals surface area contributed by atoms with Crippen molar-refractivity contribution in [1.29, 1.82) is 0 Å². The first kappa shape index (κ1) is 33.2. The zero-order chi connectivity index (χ0) is 33.3. The second-order valence-corrected chi connectivity index (χ2v) is 12.0. The number of aliphatic carboxylic acids is 1. The van der Waals surface area contributed by atoms with Gasteiger partial charge in [0.25, 0.3) is 5.91 Å². The third kappa shape index (κ3) is 8.75. The lowest BCUT2D eigenvalue weighted by Gasteiger charge is -2.17. The Balaban J connectivity index is 1.17. The fourth-order valence-corrected chi connectivity index (χ4v) is 6.02. The largest absolute Gasteiger partial charge is 0.493 e. The number of nitrogens with one attached hydrogen (secondary N) is 3. The number of carboxylic acid groups (broad SMARTS) is 1. The summed E-state index contributed by atoms with van der Waals surface area (Å²) in [5.41, 5.74) is 2.22. The van der Waals surface area contributed by atoms with Crippen LogP contribution in [0.5, 0.6) is 11.5 Å². The van der Waals surface area contributed by atoms with Crippen LogP contribution in [0.3, 0.4) is 0 Å². The lowest BCUT2D eigenvalue weighted by Crippen LogP contribution is -2.42. The molecule has 3 aromatic carbocycles. The van der Waals surface area contributed by atoms with E-state index in [1.165, 1.54) is 25.3 Å². The van der Waals surface area contributed by atoms with Crippen LogP contribution >= 0.6 is 0 Å². The van der Waals surface area contributed by atoms with Crippen LogP contribution in [0.15, 0.2) is 66.7 Å². The van der Waals surface area contributed by atoms with Crippen LogP contribution in [0.25, 0.3) is 0 Å². The molecule has 0 aromatic heterocycles. The van der Waals surface area contributed by atoms with E-state index < -0.39 is 23.9 Å². The first-order chi connectivity index (χ1) is 22.7. The molecular weight excluding hydrogens is 602 g/mol. The molecule has 2 aliphatic rings. The molecule has 0 radical (unpaired) electrons. The molecule has 0 heterocycles. The first-order valence-electron chi connectivity index (χ1n) is 15.9. The second kappa shape index (κ2) is 15.4. The molecule has 2 aliphatic carbocycles. The van der Waals surface area contributed by atoms with E-state index in [0.29, 0.717) is 16.9 Å². The van der Waals surface area contributed by atoms with E-state index >= 15 is 0 Å². The summed E-state index contributed by atoms with van der Waals surface area (Å²) in [6, 6.07) is 16.1. The lowest BCUT2D eigenvalue weighted by molar-refractivity contribution is -0.139. The number of hydrogen-bond acceptors (Lipinski definition) is 7. The Kier molecular flexibility index (Phi) is 10.9. The number of anilines is 2. The Morgan fingerprint density at radius 3 is 1.72 bits per heavy atom. The van der Waals surface area contributed by atoms with Gasteiger partial charge in [0.2, 0.25) is 11.8 Å². The smallest absolute Gasteiger partial charge is 0.343 e. The molecule has 0 spiro atoms. The Morgan fingerprint density at radius 2 is 1.23 bits per heavy atom. The Labute approximate surface area is 273 Å². The number of esters is 1. The van der Waals surface area contributed by atoms with Crippen LogP contribution in [-0.4, -0.2) is 47.9 Å². The molecule has 0 aliphatic heterocycles. The van der Waals surface area contributed by atoms with E-state index in [1.807, 2.05) is 0 Å². The number of amides is 3. The number of ether oxygens (including phenoxy) is 2. The highest BCUT2D eigenvalue weighted by molar-refractivity contribution is 5.98. The van der Waals surface area contributed by atoms with Crippen LogP contribution in [0, 0.1) is 11.8 Å². The highest BCUT2D eigenvalue weighted by Crippen LogP contribution is 2.30. The van der Waals surface area contributed by atoms with Crippen molar-refractivity contribution >= 4 is 41.0 Å². The minimum atomic E-state index is -1.25. The molecule has 3 amide bonds. The SMILES string of the molecule is COc1cc(CC(NC(=O)c2ccc(NC(=O)C3CCCC3)cc2)C(=O)O)ccc1OC(=O)c1ccc(NC(=O)C2CCCC2)cc1. The van der Waals surface area contributed by atoms with Crippen LogP contribution < -0.4 is 25.4 Å². The number of carbonyl (C=O) groups excluding carboxylic acids is 4. The standard InChI is InChI=1S/C36H39N3O8/c1-46-31-21-22(10-19-30(31)47-36(45)26-13-17-28(18-14-26)38-33(41)24-8-4-5-9-24)20-29(35(43)44)39-34(42)25-11-15-27(16-12-25)37-32(40)23-6-2-3-7-23/h10-19,21,23-24,29H,2-9,20H2,1H3,(H,37,40)(H,38,41)(H,39,42)(H,43,44). The fourth-order valence-electron chi connectivity index (χ4n) is 6.02. The number of methoxy groups -OCH3 is 1. The maximum atomic E-state index is 12.9. The number of hydrogen-bond donors (Lipinski definition) is 4. The van der Waals surface area contributed by atoms with Crippen molar-refractivity contribution in [2.24, 2.45) is 11.8 Å². The van der Waals surface area contributed by atoms with Gasteiger partial charge in [-0.1, -0.05) is 31.7 Å². The van der Waals surface area contributed by atoms with E-state index in [-0.39, 0.29) is 52.7 Å². The quantitative estimate of drug-likeness (QED) is 0.147. The summed E-state index contributed by atoms with van der Waals surface area (Å²) in [6.07, 6.45) is 7.68. The monoisotopic (exact) mass is 641 g/mol. The predicted octanol–water partition coefficient (Wildman–Crippen LogP) is 5.60. The van der Waals surface area contributed by atoms with Gasteiger partial charge < -0.3 is 30.5 Å². The molecule has 4 N–H and O–H groups in total. The van der Waals surface area contributed by atoms with Crippen molar-refractivity contribution < 1.29 is 38.6 Å². The van der Waals surface area contributed by atoms with Crippen LogP contribution in [0.2, 0.25) is 0 Å². The number of carbonyl (C=O) groups is 5. The molecule has 1 atom stereocenters. The van der Waals surface area contributed by atoms with Gasteiger partial charge in [-0.25, -0.2) is 9.59 Å². The van der Waals surface area contributed by atoms with E-state index in [9.17, 15) is 29.1 Å². The van der Waals surface area contributed by atoms with E-state index in [1.54, 1.807) is 48.5 Å². The maximum absolute atomic E-state index is 12.9. The van der Waals surface area contributed by atoms with Crippen molar-refractivity contribution in [3.05, 3.63) is 83.4 Å². The Morgan fingerprint density at radius 1 is 0.723 bits per heavy atom. The predicted molar refractivity (Wildman–Crippen MR) is 175 cm³/mol. The molecule has 11 heteroatoms. The van der Waals surface area contributed by atoms with Gasteiger partial charge in [0, 0.05) is 35.2 Å². The molecule has 0 bridgehead atoms. The molecule has 2 fully saturated rings.